The third kappa shape index (κ3) is 3.89. The van der Waals surface area contributed by atoms with Crippen molar-refractivity contribution in [1.29, 1.82) is 0 Å². The molecule has 0 aromatic heterocycles. The van der Waals surface area contributed by atoms with E-state index in [1.54, 1.807) is 23.1 Å². The fourth-order valence-electron chi connectivity index (χ4n) is 2.50. The Balaban J connectivity index is 2.15. The Morgan fingerprint density at radius 3 is 2.86 bits per heavy atom. The van der Waals surface area contributed by atoms with E-state index in [4.69, 9.17) is 4.74 Å². The number of likely N-dealkylation sites (tertiary alicyclic amines) is 1. The zero-order chi connectivity index (χ0) is 15.4. The van der Waals surface area contributed by atoms with Gasteiger partial charge in [0.1, 0.15) is 11.8 Å². The lowest BCUT2D eigenvalue weighted by Gasteiger charge is -2.23. The van der Waals surface area contributed by atoms with Crippen LogP contribution in [0.25, 0.3) is 0 Å². The van der Waals surface area contributed by atoms with Crippen molar-refractivity contribution < 1.29 is 28.2 Å². The van der Waals surface area contributed by atoms with Gasteiger partial charge in [0.25, 0.3) is 0 Å². The molecular formula is C14H17F2NO4. The Bertz CT molecular complexity index is 498. The van der Waals surface area contributed by atoms with Crippen molar-refractivity contribution in [2.45, 2.75) is 31.7 Å². The maximum absolute atomic E-state index is 12.4. The Morgan fingerprint density at radius 2 is 2.19 bits per heavy atom. The molecule has 1 aromatic rings. The number of esters is 1. The first-order chi connectivity index (χ1) is 10.0. The van der Waals surface area contributed by atoms with Crippen LogP contribution in [0.1, 0.15) is 12.0 Å². The third-order valence-corrected chi connectivity index (χ3v) is 3.42. The number of hydrogen-bond acceptors (Lipinski definition) is 5. The van der Waals surface area contributed by atoms with E-state index in [0.29, 0.717) is 5.56 Å². The van der Waals surface area contributed by atoms with E-state index in [2.05, 4.69) is 4.74 Å². The second kappa shape index (κ2) is 6.82. The summed E-state index contributed by atoms with van der Waals surface area (Å²) in [6.07, 6.45) is -0.373. The molecule has 7 heteroatoms. The predicted octanol–water partition coefficient (Wildman–Crippen LogP) is 1.40. The smallest absolute Gasteiger partial charge is 0.387 e. The minimum atomic E-state index is -2.91. The number of rotatable bonds is 5. The van der Waals surface area contributed by atoms with Gasteiger partial charge in [-0.25, -0.2) is 0 Å². The number of methoxy groups -OCH3 is 1. The molecule has 0 saturated carbocycles. The number of aliphatic hydroxyl groups excluding tert-OH is 1. The summed E-state index contributed by atoms with van der Waals surface area (Å²) in [5.74, 6) is -0.378. The van der Waals surface area contributed by atoms with Gasteiger partial charge in [-0.1, -0.05) is 18.2 Å². The van der Waals surface area contributed by atoms with Gasteiger partial charge in [0.05, 0.1) is 13.2 Å². The van der Waals surface area contributed by atoms with E-state index < -0.39 is 24.7 Å². The van der Waals surface area contributed by atoms with Gasteiger partial charge in [0.15, 0.2) is 0 Å². The van der Waals surface area contributed by atoms with Gasteiger partial charge in [-0.15, -0.1) is 0 Å². The summed E-state index contributed by atoms with van der Waals surface area (Å²) in [7, 11) is 1.28. The molecule has 0 bridgehead atoms. The molecule has 1 heterocycles. The summed E-state index contributed by atoms with van der Waals surface area (Å²) in [5, 5.41) is 9.71. The summed E-state index contributed by atoms with van der Waals surface area (Å²) < 4.78 is 33.9. The van der Waals surface area contributed by atoms with Gasteiger partial charge in [-0.2, -0.15) is 8.78 Å². The largest absolute Gasteiger partial charge is 0.468 e. The number of nitrogens with zero attached hydrogens (tertiary/aromatic N) is 1. The van der Waals surface area contributed by atoms with Crippen molar-refractivity contribution in [2.24, 2.45) is 0 Å². The molecule has 2 atom stereocenters. The molecule has 0 amide bonds. The van der Waals surface area contributed by atoms with Crippen molar-refractivity contribution in [3.05, 3.63) is 29.8 Å². The number of benzene rings is 1. The van der Waals surface area contributed by atoms with Gasteiger partial charge in [-0.05, 0) is 6.07 Å². The van der Waals surface area contributed by atoms with Crippen LogP contribution in [0.4, 0.5) is 8.78 Å². The number of aliphatic hydroxyl groups is 1. The Labute approximate surface area is 121 Å². The van der Waals surface area contributed by atoms with Gasteiger partial charge in [-0.3, -0.25) is 9.69 Å². The highest BCUT2D eigenvalue weighted by Gasteiger charge is 2.37. The second-order valence-corrected chi connectivity index (χ2v) is 4.84. The minimum absolute atomic E-state index is 0.0671. The molecule has 1 N–H and O–H groups in total. The van der Waals surface area contributed by atoms with Crippen LogP contribution in [0, 0.1) is 0 Å². The molecule has 1 aromatic carbocycles. The summed E-state index contributed by atoms with van der Waals surface area (Å²) >= 11 is 0. The maximum Gasteiger partial charge on any atom is 0.387 e. The first-order valence-corrected chi connectivity index (χ1v) is 6.54. The van der Waals surface area contributed by atoms with Crippen LogP contribution in [0.5, 0.6) is 5.75 Å². The standard InChI is InChI=1S/C14H17F2NO4/c1-20-13(19)11-6-10(18)8-17(11)7-9-4-2-3-5-12(9)21-14(15)16/h2-5,10-11,14,18H,6-8H2,1H3. The lowest BCUT2D eigenvalue weighted by atomic mass is 10.1. The van der Waals surface area contributed by atoms with Crippen molar-refractivity contribution in [3.63, 3.8) is 0 Å². The Morgan fingerprint density at radius 1 is 1.48 bits per heavy atom. The molecule has 1 aliphatic heterocycles. The quantitative estimate of drug-likeness (QED) is 0.833. The molecule has 1 fully saturated rings. The van der Waals surface area contributed by atoms with Gasteiger partial charge in [0.2, 0.25) is 0 Å². The maximum atomic E-state index is 12.4. The minimum Gasteiger partial charge on any atom is -0.468 e. The first-order valence-electron chi connectivity index (χ1n) is 6.54. The van der Waals surface area contributed by atoms with E-state index in [1.807, 2.05) is 0 Å². The highest BCUT2D eigenvalue weighted by atomic mass is 19.3. The average Bonchev–Trinajstić information content (AvgIpc) is 2.80. The molecule has 0 spiro atoms. The van der Waals surface area contributed by atoms with Gasteiger partial charge < -0.3 is 14.6 Å². The van der Waals surface area contributed by atoms with E-state index >= 15 is 0 Å². The van der Waals surface area contributed by atoms with Crippen LogP contribution >= 0.6 is 0 Å². The second-order valence-electron chi connectivity index (χ2n) is 4.84. The molecule has 116 valence electrons. The monoisotopic (exact) mass is 301 g/mol. The number of ether oxygens (including phenoxy) is 2. The van der Waals surface area contributed by atoms with E-state index in [-0.39, 0.29) is 25.3 Å². The number of carbonyl (C=O) groups excluding carboxylic acids is 1. The Kier molecular flexibility index (Phi) is 5.08. The average molecular weight is 301 g/mol. The molecule has 0 aliphatic carbocycles. The number of β-amino-alcohol motifs (C(OH)–C–C–N with tert-alkyl or cyclic N) is 1. The lowest BCUT2D eigenvalue weighted by Crippen LogP contribution is -2.36. The molecule has 2 rings (SSSR count). The SMILES string of the molecule is COC(=O)C1CC(O)CN1Cc1ccccc1OC(F)F. The summed E-state index contributed by atoms with van der Waals surface area (Å²) in [6.45, 7) is -2.41. The molecule has 21 heavy (non-hydrogen) atoms. The number of carbonyl (C=O) groups is 1. The van der Waals surface area contributed by atoms with Crippen LogP contribution < -0.4 is 4.74 Å². The summed E-state index contributed by atoms with van der Waals surface area (Å²) in [5.41, 5.74) is 0.529. The van der Waals surface area contributed by atoms with E-state index in [1.165, 1.54) is 13.2 Å². The number of halogens is 2. The van der Waals surface area contributed by atoms with Crippen molar-refractivity contribution >= 4 is 5.97 Å². The third-order valence-electron chi connectivity index (χ3n) is 3.42. The Hall–Kier alpha value is -1.73. The molecule has 5 nitrogen and oxygen atoms in total. The molecular weight excluding hydrogens is 284 g/mol. The number of para-hydroxylation sites is 1. The fraction of sp³-hybridized carbons (Fsp3) is 0.500. The van der Waals surface area contributed by atoms with Crippen molar-refractivity contribution in [2.75, 3.05) is 13.7 Å². The lowest BCUT2D eigenvalue weighted by molar-refractivity contribution is -0.146. The molecule has 0 radical (unpaired) electrons. The van der Waals surface area contributed by atoms with Gasteiger partial charge >= 0.3 is 12.6 Å². The zero-order valence-corrected chi connectivity index (χ0v) is 11.5. The van der Waals surface area contributed by atoms with Crippen LogP contribution in [0.15, 0.2) is 24.3 Å². The summed E-state index contributed by atoms with van der Waals surface area (Å²) in [4.78, 5) is 13.4. The van der Waals surface area contributed by atoms with Crippen molar-refractivity contribution in [3.8, 4) is 5.75 Å². The van der Waals surface area contributed by atoms with Crippen LogP contribution in [0.2, 0.25) is 0 Å². The number of alkyl halides is 2. The predicted molar refractivity (Wildman–Crippen MR) is 69.9 cm³/mol. The highest BCUT2D eigenvalue weighted by Crippen LogP contribution is 2.26. The normalized spacial score (nSPS) is 22.5. The molecule has 1 saturated heterocycles. The van der Waals surface area contributed by atoms with Gasteiger partial charge in [0, 0.05) is 25.1 Å². The summed E-state index contributed by atoms with van der Waals surface area (Å²) in [6, 6.07) is 5.81. The topological polar surface area (TPSA) is 59.0 Å². The fourth-order valence-corrected chi connectivity index (χ4v) is 2.50. The van der Waals surface area contributed by atoms with E-state index in [0.717, 1.165) is 0 Å². The molecule has 1 aliphatic rings. The first kappa shape index (κ1) is 15.7. The highest BCUT2D eigenvalue weighted by molar-refractivity contribution is 5.76. The molecule has 2 unspecified atom stereocenters. The van der Waals surface area contributed by atoms with Crippen molar-refractivity contribution in [1.82, 2.24) is 4.90 Å². The van der Waals surface area contributed by atoms with Crippen LogP contribution in [-0.2, 0) is 16.1 Å². The van der Waals surface area contributed by atoms with Crippen LogP contribution in [0.3, 0.4) is 0 Å². The number of hydrogen-bond donors (Lipinski definition) is 1. The van der Waals surface area contributed by atoms with E-state index in [9.17, 15) is 18.7 Å². The van der Waals surface area contributed by atoms with Crippen LogP contribution in [-0.4, -0.2) is 48.4 Å². The zero-order valence-electron chi connectivity index (χ0n) is 11.5.